The van der Waals surface area contributed by atoms with Gasteiger partial charge in [0, 0.05) is 32.4 Å². The average Bonchev–Trinajstić information content (AvgIpc) is 2.92. The number of nitrogens with zero attached hydrogens (tertiary/aromatic N) is 1. The Bertz CT molecular complexity index is 428. The lowest BCUT2D eigenvalue weighted by molar-refractivity contribution is 0.199. The Morgan fingerprint density at radius 2 is 2.35 bits per heavy atom. The molecule has 1 saturated heterocycles. The minimum absolute atomic E-state index is 0.147. The first-order chi connectivity index (χ1) is 9.76. The summed E-state index contributed by atoms with van der Waals surface area (Å²) in [6.07, 6.45) is 2.06. The molecule has 0 aliphatic carbocycles. The quantitative estimate of drug-likeness (QED) is 0.744. The molecule has 0 aromatic heterocycles. The topological polar surface area (TPSA) is 44.7 Å². The second-order valence-electron chi connectivity index (χ2n) is 5.11. The minimum atomic E-state index is -0.225. The van der Waals surface area contributed by atoms with Crippen LogP contribution in [0.3, 0.4) is 0 Å². The number of ether oxygens (including phenoxy) is 1. The third kappa shape index (κ3) is 3.69. The van der Waals surface area contributed by atoms with Gasteiger partial charge in [-0.05, 0) is 36.6 Å². The highest BCUT2D eigenvalue weighted by Crippen LogP contribution is 2.29. The van der Waals surface area contributed by atoms with Crippen molar-refractivity contribution in [1.82, 2.24) is 5.32 Å². The molecule has 112 valence electrons. The molecule has 1 unspecified atom stereocenters. The van der Waals surface area contributed by atoms with Gasteiger partial charge in [-0.2, -0.15) is 0 Å². The monoisotopic (exact) mass is 282 g/mol. The molecule has 1 aliphatic heterocycles. The fourth-order valence-corrected chi connectivity index (χ4v) is 2.72. The molecule has 1 heterocycles. The van der Waals surface area contributed by atoms with Gasteiger partial charge in [0.1, 0.15) is 5.82 Å². The molecule has 1 fully saturated rings. The number of nitrogens with one attached hydrogen (secondary N) is 1. The van der Waals surface area contributed by atoms with Crippen molar-refractivity contribution in [2.75, 3.05) is 38.3 Å². The van der Waals surface area contributed by atoms with E-state index in [1.807, 2.05) is 6.07 Å². The number of rotatable bonds is 7. The van der Waals surface area contributed by atoms with Gasteiger partial charge < -0.3 is 20.1 Å². The van der Waals surface area contributed by atoms with Crippen LogP contribution < -0.4 is 10.2 Å². The Morgan fingerprint density at radius 1 is 1.50 bits per heavy atom. The van der Waals surface area contributed by atoms with Crippen LogP contribution in [0.15, 0.2) is 18.2 Å². The largest absolute Gasteiger partial charge is 0.394 e. The molecular formula is C15H23FN2O2. The SMILES string of the molecule is COCCNCc1cc(F)ccc1N1CCCC1CO. The predicted molar refractivity (Wildman–Crippen MR) is 77.4 cm³/mol. The highest BCUT2D eigenvalue weighted by Gasteiger charge is 2.25. The van der Waals surface area contributed by atoms with E-state index in [0.717, 1.165) is 37.2 Å². The molecule has 0 bridgehead atoms. The average molecular weight is 282 g/mol. The van der Waals surface area contributed by atoms with Crippen molar-refractivity contribution < 1.29 is 14.2 Å². The lowest BCUT2D eigenvalue weighted by atomic mass is 10.1. The van der Waals surface area contributed by atoms with E-state index in [1.165, 1.54) is 6.07 Å². The molecule has 4 nitrogen and oxygen atoms in total. The summed E-state index contributed by atoms with van der Waals surface area (Å²) < 4.78 is 18.5. The molecule has 0 saturated carbocycles. The zero-order chi connectivity index (χ0) is 14.4. The van der Waals surface area contributed by atoms with Crippen LogP contribution >= 0.6 is 0 Å². The number of hydrogen-bond donors (Lipinski definition) is 2. The first kappa shape index (κ1) is 15.2. The molecule has 1 aromatic carbocycles. The molecular weight excluding hydrogens is 259 g/mol. The lowest BCUT2D eigenvalue weighted by Crippen LogP contribution is -2.33. The highest BCUT2D eigenvalue weighted by atomic mass is 19.1. The van der Waals surface area contributed by atoms with E-state index >= 15 is 0 Å². The summed E-state index contributed by atoms with van der Waals surface area (Å²) in [4.78, 5) is 2.19. The van der Waals surface area contributed by atoms with Gasteiger partial charge in [0.05, 0.1) is 19.3 Å². The standard InChI is InChI=1S/C15H23FN2O2/c1-20-8-6-17-10-12-9-13(16)4-5-15(12)18-7-2-3-14(18)11-19/h4-5,9,14,17,19H,2-3,6-8,10-11H2,1H3. The maximum atomic E-state index is 13.5. The van der Waals surface area contributed by atoms with Crippen LogP contribution in [0.2, 0.25) is 0 Å². The second-order valence-corrected chi connectivity index (χ2v) is 5.11. The fourth-order valence-electron chi connectivity index (χ4n) is 2.72. The van der Waals surface area contributed by atoms with Crippen molar-refractivity contribution in [2.24, 2.45) is 0 Å². The summed E-state index contributed by atoms with van der Waals surface area (Å²) in [6, 6.07) is 5.03. The van der Waals surface area contributed by atoms with Crippen LogP contribution in [-0.4, -0.2) is 44.6 Å². The Morgan fingerprint density at radius 3 is 3.10 bits per heavy atom. The number of aliphatic hydroxyl groups is 1. The number of methoxy groups -OCH3 is 1. The smallest absolute Gasteiger partial charge is 0.123 e. The molecule has 1 aromatic rings. The van der Waals surface area contributed by atoms with E-state index < -0.39 is 0 Å². The van der Waals surface area contributed by atoms with Gasteiger partial charge in [0.25, 0.3) is 0 Å². The summed E-state index contributed by atoms with van der Waals surface area (Å²) in [5.41, 5.74) is 1.95. The van der Waals surface area contributed by atoms with Gasteiger partial charge >= 0.3 is 0 Å². The van der Waals surface area contributed by atoms with Gasteiger partial charge in [-0.1, -0.05) is 0 Å². The first-order valence-corrected chi connectivity index (χ1v) is 7.12. The van der Waals surface area contributed by atoms with Crippen LogP contribution in [0.5, 0.6) is 0 Å². The third-order valence-electron chi connectivity index (χ3n) is 3.74. The Labute approximate surface area is 119 Å². The molecule has 20 heavy (non-hydrogen) atoms. The summed E-state index contributed by atoms with van der Waals surface area (Å²) in [7, 11) is 1.66. The van der Waals surface area contributed by atoms with Crippen molar-refractivity contribution in [3.05, 3.63) is 29.6 Å². The molecule has 1 atom stereocenters. The summed E-state index contributed by atoms with van der Waals surface area (Å²) in [5, 5.41) is 12.7. The third-order valence-corrected chi connectivity index (χ3v) is 3.74. The van der Waals surface area contributed by atoms with Gasteiger partial charge in [-0.25, -0.2) is 4.39 Å². The van der Waals surface area contributed by atoms with Gasteiger partial charge in [0.15, 0.2) is 0 Å². The molecule has 0 radical (unpaired) electrons. The molecule has 0 amide bonds. The summed E-state index contributed by atoms with van der Waals surface area (Å²) in [6.45, 7) is 3.03. The minimum Gasteiger partial charge on any atom is -0.394 e. The van der Waals surface area contributed by atoms with Gasteiger partial charge in [0.2, 0.25) is 0 Å². The van der Waals surface area contributed by atoms with Crippen molar-refractivity contribution in [3.8, 4) is 0 Å². The highest BCUT2D eigenvalue weighted by molar-refractivity contribution is 5.55. The molecule has 1 aliphatic rings. The van der Waals surface area contributed by atoms with E-state index in [0.29, 0.717) is 13.2 Å². The normalized spacial score (nSPS) is 18.8. The maximum absolute atomic E-state index is 13.5. The fraction of sp³-hybridized carbons (Fsp3) is 0.600. The van der Waals surface area contributed by atoms with Crippen molar-refractivity contribution in [3.63, 3.8) is 0 Å². The van der Waals surface area contributed by atoms with Crippen LogP contribution in [0, 0.1) is 5.82 Å². The lowest BCUT2D eigenvalue weighted by Gasteiger charge is -2.27. The van der Waals surface area contributed by atoms with E-state index in [1.54, 1.807) is 13.2 Å². The Balaban J connectivity index is 2.10. The van der Waals surface area contributed by atoms with Crippen molar-refractivity contribution >= 4 is 5.69 Å². The van der Waals surface area contributed by atoms with E-state index in [-0.39, 0.29) is 18.5 Å². The van der Waals surface area contributed by atoms with Crippen molar-refractivity contribution in [1.29, 1.82) is 0 Å². The predicted octanol–water partition coefficient (Wildman–Crippen LogP) is 1.52. The van der Waals surface area contributed by atoms with Crippen LogP contribution in [0.1, 0.15) is 18.4 Å². The van der Waals surface area contributed by atoms with E-state index in [2.05, 4.69) is 10.2 Å². The van der Waals surface area contributed by atoms with Crippen LogP contribution in [0.25, 0.3) is 0 Å². The van der Waals surface area contributed by atoms with Crippen molar-refractivity contribution in [2.45, 2.75) is 25.4 Å². The van der Waals surface area contributed by atoms with Crippen LogP contribution in [0.4, 0.5) is 10.1 Å². The number of aliphatic hydroxyl groups excluding tert-OH is 1. The summed E-state index contributed by atoms with van der Waals surface area (Å²) in [5.74, 6) is -0.225. The zero-order valence-electron chi connectivity index (χ0n) is 11.9. The Hall–Kier alpha value is -1.17. The maximum Gasteiger partial charge on any atom is 0.123 e. The first-order valence-electron chi connectivity index (χ1n) is 7.12. The second kappa shape index (κ2) is 7.57. The Kier molecular flexibility index (Phi) is 5.76. The number of benzene rings is 1. The molecule has 5 heteroatoms. The molecule has 2 N–H and O–H groups in total. The van der Waals surface area contributed by atoms with Gasteiger partial charge in [-0.3, -0.25) is 0 Å². The zero-order valence-corrected chi connectivity index (χ0v) is 11.9. The summed E-state index contributed by atoms with van der Waals surface area (Å²) >= 11 is 0. The number of hydrogen-bond acceptors (Lipinski definition) is 4. The van der Waals surface area contributed by atoms with E-state index in [9.17, 15) is 9.50 Å². The molecule has 2 rings (SSSR count). The van der Waals surface area contributed by atoms with E-state index in [4.69, 9.17) is 4.74 Å². The number of halogens is 1. The number of anilines is 1. The van der Waals surface area contributed by atoms with Crippen LogP contribution in [-0.2, 0) is 11.3 Å². The molecule has 0 spiro atoms. The van der Waals surface area contributed by atoms with Gasteiger partial charge in [-0.15, -0.1) is 0 Å².